The van der Waals surface area contributed by atoms with Gasteiger partial charge in [-0.2, -0.15) is 5.10 Å². The third kappa shape index (κ3) is 2.95. The van der Waals surface area contributed by atoms with Crippen LogP contribution in [0, 0.1) is 0 Å². The van der Waals surface area contributed by atoms with Crippen molar-refractivity contribution in [3.63, 3.8) is 0 Å². The summed E-state index contributed by atoms with van der Waals surface area (Å²) in [5.74, 6) is 0. The fraction of sp³-hybridized carbons (Fsp3) is 0.350. The van der Waals surface area contributed by atoms with Crippen LogP contribution in [-0.4, -0.2) is 53.2 Å². The summed E-state index contributed by atoms with van der Waals surface area (Å²) in [7, 11) is 2.21. The molecule has 1 aromatic carbocycles. The molecule has 5 rings (SSSR count). The van der Waals surface area contributed by atoms with E-state index in [1.54, 1.807) is 11.3 Å². The van der Waals surface area contributed by atoms with Crippen LogP contribution in [-0.2, 0) is 13.0 Å². The number of thiophene rings is 1. The van der Waals surface area contributed by atoms with Crippen molar-refractivity contribution in [2.75, 3.05) is 33.2 Å². The van der Waals surface area contributed by atoms with Crippen molar-refractivity contribution >= 4 is 27.3 Å². The topological polar surface area (TPSA) is 35.2 Å². The van der Waals surface area contributed by atoms with Crippen LogP contribution in [0.5, 0.6) is 0 Å². The summed E-state index contributed by atoms with van der Waals surface area (Å²) in [5.41, 5.74) is 7.77. The molecule has 26 heavy (non-hydrogen) atoms. The minimum atomic E-state index is 0.975. The molecule has 6 heteroatoms. The second-order valence-electron chi connectivity index (χ2n) is 7.30. The van der Waals surface area contributed by atoms with Crippen molar-refractivity contribution in [3.8, 4) is 21.8 Å². The highest BCUT2D eigenvalue weighted by Crippen LogP contribution is 2.42. The lowest BCUT2D eigenvalue weighted by Gasteiger charge is -2.32. The van der Waals surface area contributed by atoms with Crippen molar-refractivity contribution in [1.82, 2.24) is 20.0 Å². The average molecular weight is 429 g/mol. The van der Waals surface area contributed by atoms with E-state index in [1.165, 1.54) is 45.9 Å². The average Bonchev–Trinajstić information content (AvgIpc) is 3.31. The predicted octanol–water partition coefficient (Wildman–Crippen LogP) is 4.22. The summed E-state index contributed by atoms with van der Waals surface area (Å²) < 4.78 is 1.13. The number of hydrogen-bond acceptors (Lipinski definition) is 4. The normalized spacial score (nSPS) is 17.5. The Hall–Kier alpha value is -1.47. The third-order valence-corrected chi connectivity index (χ3v) is 7.18. The Kier molecular flexibility index (Phi) is 4.24. The molecule has 0 saturated carbocycles. The molecular formula is C20H21BrN4S. The van der Waals surface area contributed by atoms with Crippen LogP contribution in [0.1, 0.15) is 16.7 Å². The highest BCUT2D eigenvalue weighted by molar-refractivity contribution is 9.10. The van der Waals surface area contributed by atoms with Crippen molar-refractivity contribution in [3.05, 3.63) is 50.8 Å². The van der Waals surface area contributed by atoms with Gasteiger partial charge >= 0.3 is 0 Å². The largest absolute Gasteiger partial charge is 0.304 e. The number of fused-ring (bicyclic) bond motifs is 3. The molecule has 4 nitrogen and oxygen atoms in total. The SMILES string of the molecule is CN1CCN(Cc2ccc3c(c2)Cc2c-3n[nH]c2-c2cc(Br)cs2)CC1. The van der Waals surface area contributed by atoms with Crippen LogP contribution in [0.3, 0.4) is 0 Å². The maximum atomic E-state index is 4.63. The van der Waals surface area contributed by atoms with Crippen LogP contribution in [0.4, 0.5) is 0 Å². The highest BCUT2D eigenvalue weighted by atomic mass is 79.9. The first-order chi connectivity index (χ1) is 12.7. The van der Waals surface area contributed by atoms with E-state index in [4.69, 9.17) is 0 Å². The molecule has 0 amide bonds. The van der Waals surface area contributed by atoms with Crippen molar-refractivity contribution in [2.45, 2.75) is 13.0 Å². The summed E-state index contributed by atoms with van der Waals surface area (Å²) in [4.78, 5) is 6.21. The lowest BCUT2D eigenvalue weighted by molar-refractivity contribution is 0.148. The molecule has 0 bridgehead atoms. The molecule has 1 aliphatic carbocycles. The van der Waals surface area contributed by atoms with E-state index in [0.717, 1.165) is 36.2 Å². The van der Waals surface area contributed by atoms with Crippen LogP contribution < -0.4 is 0 Å². The predicted molar refractivity (Wildman–Crippen MR) is 111 cm³/mol. The van der Waals surface area contributed by atoms with Gasteiger partial charge in [0.1, 0.15) is 0 Å². The number of aromatic amines is 1. The van der Waals surface area contributed by atoms with Gasteiger partial charge in [-0.15, -0.1) is 11.3 Å². The van der Waals surface area contributed by atoms with Gasteiger partial charge in [-0.05, 0) is 40.2 Å². The third-order valence-electron chi connectivity index (χ3n) is 5.48. The zero-order chi connectivity index (χ0) is 17.7. The van der Waals surface area contributed by atoms with E-state index in [2.05, 4.69) is 72.6 Å². The minimum Gasteiger partial charge on any atom is -0.304 e. The molecule has 2 aliphatic rings. The number of nitrogens with one attached hydrogen (secondary N) is 1. The van der Waals surface area contributed by atoms with E-state index in [-0.39, 0.29) is 0 Å². The van der Waals surface area contributed by atoms with Gasteiger partial charge in [-0.25, -0.2) is 0 Å². The number of benzene rings is 1. The molecule has 3 aromatic rings. The molecule has 2 aromatic heterocycles. The zero-order valence-corrected chi connectivity index (χ0v) is 17.2. The number of hydrogen-bond donors (Lipinski definition) is 1. The number of likely N-dealkylation sites (N-methyl/N-ethyl adjacent to an activating group) is 1. The number of nitrogens with zero attached hydrogens (tertiary/aromatic N) is 3. The fourth-order valence-corrected chi connectivity index (χ4v) is 5.44. The molecule has 3 heterocycles. The Bertz CT molecular complexity index is 953. The minimum absolute atomic E-state index is 0.975. The van der Waals surface area contributed by atoms with Gasteiger partial charge in [-0.1, -0.05) is 18.2 Å². The first-order valence-electron chi connectivity index (χ1n) is 9.02. The number of halogens is 1. The number of piperazine rings is 1. The van der Waals surface area contributed by atoms with E-state index >= 15 is 0 Å². The Labute approximate surface area is 166 Å². The second kappa shape index (κ2) is 6.60. The number of rotatable bonds is 3. The van der Waals surface area contributed by atoms with Gasteiger partial charge in [0.15, 0.2) is 0 Å². The molecule has 1 fully saturated rings. The molecule has 0 unspecified atom stereocenters. The van der Waals surface area contributed by atoms with Crippen LogP contribution in [0.2, 0.25) is 0 Å². The van der Waals surface area contributed by atoms with Crippen LogP contribution >= 0.6 is 27.3 Å². The number of aromatic nitrogens is 2. The van der Waals surface area contributed by atoms with Crippen molar-refractivity contribution < 1.29 is 0 Å². The quantitative estimate of drug-likeness (QED) is 0.530. The molecule has 1 saturated heterocycles. The first-order valence-corrected chi connectivity index (χ1v) is 10.7. The Balaban J connectivity index is 1.39. The molecule has 1 N–H and O–H groups in total. The summed E-state index contributed by atoms with van der Waals surface area (Å²) >= 11 is 5.31. The van der Waals surface area contributed by atoms with Gasteiger partial charge in [0, 0.05) is 60.1 Å². The molecule has 0 radical (unpaired) electrons. The zero-order valence-electron chi connectivity index (χ0n) is 14.8. The molecule has 0 spiro atoms. The standard InChI is InChI=1S/C20H21BrN4S/c1-24-4-6-25(7-5-24)11-13-2-3-16-14(8-13)9-17-19(16)22-23-20(17)18-10-15(21)12-26-18/h2-3,8,10,12H,4-7,9,11H2,1H3,(H,22,23). The lowest BCUT2D eigenvalue weighted by atomic mass is 10.0. The van der Waals surface area contributed by atoms with Gasteiger partial charge in [-0.3, -0.25) is 10.00 Å². The van der Waals surface area contributed by atoms with Gasteiger partial charge < -0.3 is 4.90 Å². The van der Waals surface area contributed by atoms with E-state index < -0.39 is 0 Å². The summed E-state index contributed by atoms with van der Waals surface area (Å²) in [6.07, 6.45) is 0.975. The lowest BCUT2D eigenvalue weighted by Crippen LogP contribution is -2.43. The fourth-order valence-electron chi connectivity index (χ4n) is 3.99. The van der Waals surface area contributed by atoms with E-state index in [0.29, 0.717) is 0 Å². The Morgan fingerprint density at radius 1 is 1.19 bits per heavy atom. The maximum Gasteiger partial charge on any atom is 0.0965 e. The first kappa shape index (κ1) is 16.7. The molecule has 134 valence electrons. The summed E-state index contributed by atoms with van der Waals surface area (Å²) in [5, 5.41) is 10.0. The summed E-state index contributed by atoms with van der Waals surface area (Å²) in [6, 6.07) is 9.10. The van der Waals surface area contributed by atoms with Gasteiger partial charge in [0.25, 0.3) is 0 Å². The second-order valence-corrected chi connectivity index (χ2v) is 9.13. The number of H-pyrrole nitrogens is 1. The van der Waals surface area contributed by atoms with Gasteiger partial charge in [0.2, 0.25) is 0 Å². The van der Waals surface area contributed by atoms with Crippen molar-refractivity contribution in [2.24, 2.45) is 0 Å². The Morgan fingerprint density at radius 3 is 2.81 bits per heavy atom. The van der Waals surface area contributed by atoms with E-state index in [9.17, 15) is 0 Å². The van der Waals surface area contributed by atoms with Crippen LogP contribution in [0.15, 0.2) is 34.1 Å². The highest BCUT2D eigenvalue weighted by Gasteiger charge is 2.26. The molecular weight excluding hydrogens is 408 g/mol. The smallest absolute Gasteiger partial charge is 0.0965 e. The molecule has 1 aliphatic heterocycles. The molecule has 0 atom stereocenters. The van der Waals surface area contributed by atoms with Crippen molar-refractivity contribution in [1.29, 1.82) is 0 Å². The monoisotopic (exact) mass is 428 g/mol. The maximum absolute atomic E-state index is 4.63. The van der Waals surface area contributed by atoms with Crippen LogP contribution in [0.25, 0.3) is 21.8 Å². The van der Waals surface area contributed by atoms with E-state index in [1.807, 2.05) is 0 Å². The Morgan fingerprint density at radius 2 is 2.04 bits per heavy atom. The summed E-state index contributed by atoms with van der Waals surface area (Å²) in [6.45, 7) is 5.70. The van der Waals surface area contributed by atoms with Gasteiger partial charge in [0.05, 0.1) is 16.3 Å².